The van der Waals surface area contributed by atoms with Gasteiger partial charge in [0.1, 0.15) is 0 Å². The largest absolute Gasteiger partial charge is 0.476 e. The van der Waals surface area contributed by atoms with E-state index in [9.17, 15) is 9.90 Å². The van der Waals surface area contributed by atoms with E-state index in [-0.39, 0.29) is 5.69 Å². The van der Waals surface area contributed by atoms with Gasteiger partial charge in [0.2, 0.25) is 0 Å². The van der Waals surface area contributed by atoms with Crippen LogP contribution in [0.1, 0.15) is 40.2 Å². The van der Waals surface area contributed by atoms with Gasteiger partial charge in [-0.15, -0.1) is 0 Å². The summed E-state index contributed by atoms with van der Waals surface area (Å²) in [7, 11) is 0. The molecule has 0 aliphatic heterocycles. The van der Waals surface area contributed by atoms with Crippen molar-refractivity contribution in [2.45, 2.75) is 32.6 Å². The van der Waals surface area contributed by atoms with E-state index >= 15 is 0 Å². The molecule has 0 saturated carbocycles. The number of hydrogen-bond donors (Lipinski definition) is 1. The number of nitrogens with zero attached hydrogens (tertiary/aromatic N) is 2. The molecular formula is C15H15BrN2O2. The number of aromatic nitrogens is 2. The summed E-state index contributed by atoms with van der Waals surface area (Å²) in [6.45, 7) is 2.02. The lowest BCUT2D eigenvalue weighted by Crippen LogP contribution is -2.08. The quantitative estimate of drug-likeness (QED) is 0.914. The van der Waals surface area contributed by atoms with Crippen LogP contribution >= 0.6 is 15.9 Å². The average Bonchev–Trinajstić information content (AvgIpc) is 2.82. The molecule has 0 atom stereocenters. The van der Waals surface area contributed by atoms with Gasteiger partial charge in [-0.3, -0.25) is 0 Å². The van der Waals surface area contributed by atoms with Gasteiger partial charge in [0, 0.05) is 15.7 Å². The molecule has 0 spiro atoms. The summed E-state index contributed by atoms with van der Waals surface area (Å²) in [4.78, 5) is 11.4. The zero-order valence-electron chi connectivity index (χ0n) is 11.2. The van der Waals surface area contributed by atoms with Crippen LogP contribution in [0.25, 0.3) is 5.69 Å². The fraction of sp³-hybridized carbons (Fsp3) is 0.333. The standard InChI is InChI=1S/C15H15BrN2O2/c1-9-8-10(6-7-12(9)16)18-13-5-3-2-4-11(13)14(17-18)15(19)20/h6-8H,2-5H2,1H3,(H,19,20). The van der Waals surface area contributed by atoms with Crippen LogP contribution in [0, 0.1) is 6.92 Å². The number of hydrogen-bond acceptors (Lipinski definition) is 2. The molecule has 1 aliphatic carbocycles. The van der Waals surface area contributed by atoms with Crippen molar-refractivity contribution in [3.05, 3.63) is 45.2 Å². The van der Waals surface area contributed by atoms with Gasteiger partial charge in [-0.1, -0.05) is 15.9 Å². The van der Waals surface area contributed by atoms with Crippen LogP contribution in [0.5, 0.6) is 0 Å². The number of aryl methyl sites for hydroxylation is 1. The smallest absolute Gasteiger partial charge is 0.356 e. The number of fused-ring (bicyclic) bond motifs is 1. The summed E-state index contributed by atoms with van der Waals surface area (Å²) in [5, 5.41) is 13.7. The zero-order chi connectivity index (χ0) is 14.3. The lowest BCUT2D eigenvalue weighted by Gasteiger charge is -2.14. The summed E-state index contributed by atoms with van der Waals surface area (Å²) < 4.78 is 2.85. The van der Waals surface area contributed by atoms with E-state index in [1.165, 1.54) is 0 Å². The van der Waals surface area contributed by atoms with E-state index < -0.39 is 5.97 Å². The Bertz CT molecular complexity index is 691. The summed E-state index contributed by atoms with van der Waals surface area (Å²) in [5.41, 5.74) is 4.20. The van der Waals surface area contributed by atoms with Gasteiger partial charge in [0.25, 0.3) is 0 Å². The third-order valence-corrected chi connectivity index (χ3v) is 4.66. The summed E-state index contributed by atoms with van der Waals surface area (Å²) in [6, 6.07) is 5.96. The van der Waals surface area contributed by atoms with E-state index in [0.29, 0.717) is 0 Å². The third-order valence-electron chi connectivity index (χ3n) is 3.77. The topological polar surface area (TPSA) is 55.1 Å². The Hall–Kier alpha value is -1.62. The number of carboxylic acid groups (broad SMARTS) is 1. The Labute approximate surface area is 125 Å². The first-order chi connectivity index (χ1) is 9.58. The number of carboxylic acids is 1. The van der Waals surface area contributed by atoms with Gasteiger partial charge in [-0.25, -0.2) is 9.48 Å². The van der Waals surface area contributed by atoms with Crippen molar-refractivity contribution in [3.8, 4) is 5.69 Å². The molecule has 0 bridgehead atoms. The third kappa shape index (κ3) is 2.16. The maximum atomic E-state index is 11.4. The number of carbonyl (C=O) groups is 1. The molecule has 3 rings (SSSR count). The second-order valence-corrected chi connectivity index (χ2v) is 5.99. The van der Waals surface area contributed by atoms with Crippen LogP contribution < -0.4 is 0 Å². The highest BCUT2D eigenvalue weighted by Crippen LogP contribution is 2.28. The second kappa shape index (κ2) is 5.05. The van der Waals surface area contributed by atoms with Crippen molar-refractivity contribution in [2.24, 2.45) is 0 Å². The molecule has 0 unspecified atom stereocenters. The van der Waals surface area contributed by atoms with Crippen LogP contribution in [-0.4, -0.2) is 20.9 Å². The van der Waals surface area contributed by atoms with Crippen LogP contribution in [0.2, 0.25) is 0 Å². The van der Waals surface area contributed by atoms with Crippen molar-refractivity contribution in [1.29, 1.82) is 0 Å². The first kappa shape index (κ1) is 13.4. The van der Waals surface area contributed by atoms with Crippen LogP contribution in [0.15, 0.2) is 22.7 Å². The molecule has 1 aromatic heterocycles. The van der Waals surface area contributed by atoms with Gasteiger partial charge in [-0.2, -0.15) is 5.10 Å². The molecule has 0 saturated heterocycles. The van der Waals surface area contributed by atoms with Gasteiger partial charge in [0.15, 0.2) is 5.69 Å². The molecule has 4 nitrogen and oxygen atoms in total. The number of aromatic carboxylic acids is 1. The molecule has 1 N–H and O–H groups in total. The highest BCUT2D eigenvalue weighted by atomic mass is 79.9. The maximum Gasteiger partial charge on any atom is 0.356 e. The molecular weight excluding hydrogens is 320 g/mol. The number of benzene rings is 1. The molecule has 1 heterocycles. The average molecular weight is 335 g/mol. The van der Waals surface area contributed by atoms with Crippen molar-refractivity contribution in [3.63, 3.8) is 0 Å². The molecule has 1 aliphatic rings. The fourth-order valence-corrected chi connectivity index (χ4v) is 2.99. The van der Waals surface area contributed by atoms with Crippen molar-refractivity contribution < 1.29 is 9.90 Å². The molecule has 2 aromatic rings. The predicted molar refractivity (Wildman–Crippen MR) is 79.6 cm³/mol. The van der Waals surface area contributed by atoms with Crippen LogP contribution in [0.4, 0.5) is 0 Å². The summed E-state index contributed by atoms with van der Waals surface area (Å²) in [6.07, 6.45) is 3.84. The maximum absolute atomic E-state index is 11.4. The lowest BCUT2D eigenvalue weighted by molar-refractivity contribution is 0.0688. The molecule has 0 amide bonds. The minimum Gasteiger partial charge on any atom is -0.476 e. The predicted octanol–water partition coefficient (Wildman–Crippen LogP) is 3.52. The van der Waals surface area contributed by atoms with E-state index in [4.69, 9.17) is 0 Å². The van der Waals surface area contributed by atoms with Gasteiger partial charge >= 0.3 is 5.97 Å². The van der Waals surface area contributed by atoms with E-state index in [2.05, 4.69) is 21.0 Å². The minimum absolute atomic E-state index is 0.209. The van der Waals surface area contributed by atoms with Crippen LogP contribution in [-0.2, 0) is 12.8 Å². The van der Waals surface area contributed by atoms with Crippen LogP contribution in [0.3, 0.4) is 0 Å². The highest BCUT2D eigenvalue weighted by molar-refractivity contribution is 9.10. The first-order valence-corrected chi connectivity index (χ1v) is 7.48. The number of rotatable bonds is 2. The van der Waals surface area contributed by atoms with E-state index in [1.54, 1.807) is 4.68 Å². The zero-order valence-corrected chi connectivity index (χ0v) is 12.8. The fourth-order valence-electron chi connectivity index (χ4n) is 2.74. The number of halogens is 1. The Morgan fingerprint density at radius 3 is 2.80 bits per heavy atom. The molecule has 104 valence electrons. The normalized spacial score (nSPS) is 14.1. The van der Waals surface area contributed by atoms with Gasteiger partial charge in [0.05, 0.1) is 5.69 Å². The molecule has 20 heavy (non-hydrogen) atoms. The monoisotopic (exact) mass is 334 g/mol. The van der Waals surface area contributed by atoms with Crippen molar-refractivity contribution in [2.75, 3.05) is 0 Å². The second-order valence-electron chi connectivity index (χ2n) is 5.13. The molecule has 0 radical (unpaired) electrons. The Morgan fingerprint density at radius 2 is 2.10 bits per heavy atom. The highest BCUT2D eigenvalue weighted by Gasteiger charge is 2.25. The van der Waals surface area contributed by atoms with E-state index in [1.807, 2.05) is 25.1 Å². The van der Waals surface area contributed by atoms with Gasteiger partial charge < -0.3 is 5.11 Å². The molecule has 1 aromatic carbocycles. The molecule has 0 fully saturated rings. The Kier molecular flexibility index (Phi) is 3.38. The first-order valence-electron chi connectivity index (χ1n) is 6.68. The summed E-state index contributed by atoms with van der Waals surface area (Å²) in [5.74, 6) is -0.935. The summed E-state index contributed by atoms with van der Waals surface area (Å²) >= 11 is 3.48. The van der Waals surface area contributed by atoms with Gasteiger partial charge in [-0.05, 0) is 56.4 Å². The SMILES string of the molecule is Cc1cc(-n2nc(C(=O)O)c3c2CCCC3)ccc1Br. The minimum atomic E-state index is -0.935. The van der Waals surface area contributed by atoms with E-state index in [0.717, 1.165) is 52.7 Å². The van der Waals surface area contributed by atoms with Crippen molar-refractivity contribution >= 4 is 21.9 Å². The van der Waals surface area contributed by atoms with Crippen molar-refractivity contribution in [1.82, 2.24) is 9.78 Å². The Morgan fingerprint density at radius 1 is 1.35 bits per heavy atom. The molecule has 5 heteroatoms. The lowest BCUT2D eigenvalue weighted by atomic mass is 9.95. The Balaban J connectivity index is 2.18.